The second-order valence-corrected chi connectivity index (χ2v) is 7.06. The SMILES string of the molecule is CC(=O)N(C)C1CCN(c2ccc(C(=O)NC3CC3)cc2[N+](=O)[O-])CC1. The Hall–Kier alpha value is -2.64. The van der Waals surface area contributed by atoms with Crippen molar-refractivity contribution in [2.45, 2.75) is 44.7 Å². The van der Waals surface area contributed by atoms with Gasteiger partial charge in [-0.2, -0.15) is 0 Å². The predicted octanol–water partition coefficient (Wildman–Crippen LogP) is 1.93. The van der Waals surface area contributed by atoms with E-state index in [4.69, 9.17) is 0 Å². The minimum Gasteiger partial charge on any atom is -0.366 e. The molecule has 2 aliphatic rings. The fraction of sp³-hybridized carbons (Fsp3) is 0.556. The molecule has 0 unspecified atom stereocenters. The van der Waals surface area contributed by atoms with Crippen molar-refractivity contribution in [2.24, 2.45) is 0 Å². The summed E-state index contributed by atoms with van der Waals surface area (Å²) in [5.41, 5.74) is 0.798. The highest BCUT2D eigenvalue weighted by molar-refractivity contribution is 5.96. The molecule has 1 aromatic rings. The number of carbonyl (C=O) groups excluding carboxylic acids is 2. The van der Waals surface area contributed by atoms with Crippen LogP contribution in [0.5, 0.6) is 0 Å². The monoisotopic (exact) mass is 360 g/mol. The predicted molar refractivity (Wildman–Crippen MR) is 97.3 cm³/mol. The van der Waals surface area contributed by atoms with Gasteiger partial charge < -0.3 is 15.1 Å². The van der Waals surface area contributed by atoms with Crippen LogP contribution in [0.4, 0.5) is 11.4 Å². The number of hydrogen-bond donors (Lipinski definition) is 1. The molecule has 8 nitrogen and oxygen atoms in total. The van der Waals surface area contributed by atoms with Gasteiger partial charge in [0.05, 0.1) is 4.92 Å². The van der Waals surface area contributed by atoms with Gasteiger partial charge in [0.1, 0.15) is 5.69 Å². The molecule has 0 bridgehead atoms. The molecule has 1 saturated carbocycles. The van der Waals surface area contributed by atoms with Crippen molar-refractivity contribution >= 4 is 23.2 Å². The lowest BCUT2D eigenvalue weighted by Crippen LogP contribution is -2.45. The van der Waals surface area contributed by atoms with Gasteiger partial charge in [0.25, 0.3) is 11.6 Å². The quantitative estimate of drug-likeness (QED) is 0.639. The van der Waals surface area contributed by atoms with E-state index in [0.29, 0.717) is 24.3 Å². The number of nitro benzene ring substituents is 1. The fourth-order valence-electron chi connectivity index (χ4n) is 3.33. The summed E-state index contributed by atoms with van der Waals surface area (Å²) in [5, 5.41) is 14.4. The maximum atomic E-state index is 12.2. The highest BCUT2D eigenvalue weighted by Gasteiger charge is 2.29. The van der Waals surface area contributed by atoms with E-state index in [1.165, 1.54) is 6.07 Å². The summed E-state index contributed by atoms with van der Waals surface area (Å²) >= 11 is 0. The molecule has 2 amide bonds. The highest BCUT2D eigenvalue weighted by atomic mass is 16.6. The molecule has 0 spiro atoms. The van der Waals surface area contributed by atoms with Crippen LogP contribution in [0.2, 0.25) is 0 Å². The molecule has 0 radical (unpaired) electrons. The van der Waals surface area contributed by atoms with Crippen LogP contribution in [0.15, 0.2) is 18.2 Å². The Morgan fingerprint density at radius 1 is 1.23 bits per heavy atom. The Bertz CT molecular complexity index is 724. The summed E-state index contributed by atoms with van der Waals surface area (Å²) in [6.45, 7) is 2.82. The second-order valence-electron chi connectivity index (χ2n) is 7.06. The second kappa shape index (κ2) is 7.31. The summed E-state index contributed by atoms with van der Waals surface area (Å²) in [7, 11) is 1.79. The fourth-order valence-corrected chi connectivity index (χ4v) is 3.33. The van der Waals surface area contributed by atoms with Crippen molar-refractivity contribution in [1.82, 2.24) is 10.2 Å². The van der Waals surface area contributed by atoms with Gasteiger partial charge in [-0.25, -0.2) is 0 Å². The van der Waals surface area contributed by atoms with Crippen LogP contribution < -0.4 is 10.2 Å². The molecule has 1 heterocycles. The maximum absolute atomic E-state index is 12.2. The third-order valence-electron chi connectivity index (χ3n) is 5.20. The molecule has 1 aliphatic heterocycles. The van der Waals surface area contributed by atoms with Gasteiger partial charge in [0.15, 0.2) is 0 Å². The normalized spacial score (nSPS) is 17.7. The Labute approximate surface area is 152 Å². The van der Waals surface area contributed by atoms with E-state index >= 15 is 0 Å². The first-order chi connectivity index (χ1) is 12.4. The number of nitrogens with one attached hydrogen (secondary N) is 1. The number of anilines is 1. The van der Waals surface area contributed by atoms with Gasteiger partial charge in [0, 0.05) is 50.8 Å². The molecule has 8 heteroatoms. The number of rotatable bonds is 5. The van der Waals surface area contributed by atoms with E-state index in [-0.39, 0.29) is 29.6 Å². The Morgan fingerprint density at radius 2 is 1.88 bits per heavy atom. The van der Waals surface area contributed by atoms with Crippen molar-refractivity contribution in [3.8, 4) is 0 Å². The van der Waals surface area contributed by atoms with E-state index < -0.39 is 4.92 Å². The zero-order valence-electron chi connectivity index (χ0n) is 15.1. The van der Waals surface area contributed by atoms with Crippen molar-refractivity contribution < 1.29 is 14.5 Å². The number of benzene rings is 1. The number of nitrogens with zero attached hydrogens (tertiary/aromatic N) is 3. The average molecular weight is 360 g/mol. The van der Waals surface area contributed by atoms with Crippen LogP contribution in [0.25, 0.3) is 0 Å². The average Bonchev–Trinajstić information content (AvgIpc) is 3.44. The van der Waals surface area contributed by atoms with Gasteiger partial charge in [-0.15, -0.1) is 0 Å². The van der Waals surface area contributed by atoms with Crippen molar-refractivity contribution in [3.05, 3.63) is 33.9 Å². The first-order valence-electron chi connectivity index (χ1n) is 8.94. The van der Waals surface area contributed by atoms with Crippen molar-refractivity contribution in [2.75, 3.05) is 25.0 Å². The van der Waals surface area contributed by atoms with Crippen LogP contribution in [0, 0.1) is 10.1 Å². The molecule has 140 valence electrons. The summed E-state index contributed by atoms with van der Waals surface area (Å²) in [6.07, 6.45) is 3.46. The van der Waals surface area contributed by atoms with E-state index in [0.717, 1.165) is 25.7 Å². The first kappa shape index (κ1) is 18.2. The molecule has 3 rings (SSSR count). The van der Waals surface area contributed by atoms with E-state index in [1.54, 1.807) is 31.0 Å². The third-order valence-corrected chi connectivity index (χ3v) is 5.20. The van der Waals surface area contributed by atoms with Gasteiger partial charge >= 0.3 is 0 Å². The van der Waals surface area contributed by atoms with Gasteiger partial charge in [0.2, 0.25) is 5.91 Å². The molecule has 0 atom stereocenters. The van der Waals surface area contributed by atoms with Crippen LogP contribution >= 0.6 is 0 Å². The maximum Gasteiger partial charge on any atom is 0.293 e. The minimum absolute atomic E-state index is 0.0282. The highest BCUT2D eigenvalue weighted by Crippen LogP contribution is 2.32. The largest absolute Gasteiger partial charge is 0.366 e. The molecule has 26 heavy (non-hydrogen) atoms. The summed E-state index contributed by atoms with van der Waals surface area (Å²) in [6, 6.07) is 5.04. The Balaban J connectivity index is 1.74. The van der Waals surface area contributed by atoms with Crippen LogP contribution in [-0.4, -0.2) is 53.9 Å². The number of nitro groups is 1. The minimum atomic E-state index is -0.434. The molecule has 1 saturated heterocycles. The first-order valence-corrected chi connectivity index (χ1v) is 8.94. The number of amides is 2. The van der Waals surface area contributed by atoms with Crippen molar-refractivity contribution in [1.29, 1.82) is 0 Å². The standard InChI is InChI=1S/C18H24N4O4/c1-12(23)20(2)15-7-9-21(10-8-15)16-6-3-13(11-17(16)22(25)26)18(24)19-14-4-5-14/h3,6,11,14-15H,4-5,7-10H2,1-2H3,(H,19,24). The lowest BCUT2D eigenvalue weighted by molar-refractivity contribution is -0.384. The van der Waals surface area contributed by atoms with E-state index in [9.17, 15) is 19.7 Å². The van der Waals surface area contributed by atoms with Gasteiger partial charge in [-0.05, 0) is 37.8 Å². The summed E-state index contributed by atoms with van der Waals surface area (Å²) in [4.78, 5) is 38.5. The number of piperidine rings is 1. The molecular formula is C18H24N4O4. The zero-order valence-corrected chi connectivity index (χ0v) is 15.1. The van der Waals surface area contributed by atoms with Gasteiger partial charge in [-0.3, -0.25) is 19.7 Å². The van der Waals surface area contributed by atoms with Gasteiger partial charge in [-0.1, -0.05) is 0 Å². The molecule has 0 aromatic heterocycles. The molecule has 1 aromatic carbocycles. The lowest BCUT2D eigenvalue weighted by atomic mass is 10.0. The summed E-state index contributed by atoms with van der Waals surface area (Å²) < 4.78 is 0. The molecule has 1 N–H and O–H groups in total. The van der Waals surface area contributed by atoms with Crippen LogP contribution in [-0.2, 0) is 4.79 Å². The Kier molecular flexibility index (Phi) is 5.11. The number of carbonyl (C=O) groups is 2. The van der Waals surface area contributed by atoms with E-state index in [1.807, 2.05) is 4.90 Å². The Morgan fingerprint density at radius 3 is 2.42 bits per heavy atom. The molecular weight excluding hydrogens is 336 g/mol. The van der Waals surface area contributed by atoms with Crippen LogP contribution in [0.3, 0.4) is 0 Å². The lowest BCUT2D eigenvalue weighted by Gasteiger charge is -2.37. The summed E-state index contributed by atoms with van der Waals surface area (Å²) in [5.74, 6) is -0.232. The topological polar surface area (TPSA) is 95.8 Å². The third kappa shape index (κ3) is 3.95. The van der Waals surface area contributed by atoms with E-state index in [2.05, 4.69) is 5.32 Å². The smallest absolute Gasteiger partial charge is 0.293 e. The van der Waals surface area contributed by atoms with Crippen LogP contribution in [0.1, 0.15) is 43.0 Å². The number of hydrogen-bond acceptors (Lipinski definition) is 5. The molecule has 2 fully saturated rings. The van der Waals surface area contributed by atoms with Crippen molar-refractivity contribution in [3.63, 3.8) is 0 Å². The molecule has 1 aliphatic carbocycles. The zero-order chi connectivity index (χ0) is 18.8.